The number of halogens is 2. The smallest absolute Gasteiger partial charge is 0.230 e. The van der Waals surface area contributed by atoms with Crippen LogP contribution in [0.1, 0.15) is 55.3 Å². The van der Waals surface area contributed by atoms with Gasteiger partial charge in [0.05, 0.1) is 17.6 Å². The summed E-state index contributed by atoms with van der Waals surface area (Å²) in [6, 6.07) is 26.4. The number of carbonyl (C=O) groups is 1. The van der Waals surface area contributed by atoms with Gasteiger partial charge in [0.25, 0.3) is 0 Å². The Balaban J connectivity index is 1.57. The standard InChI is InChI=1S/C30H32Cl2N2O2/c1-20(35)19-33-29(36)30(21-9-3-2-4-10-21)17-22-15-16-23(18-30)34(22)28(24-11-5-7-13-26(24)31)25-12-6-8-14-27(25)32/h2-14,20,22-23,28,35H,15-19H2,1H3,(H,33,36). The molecule has 6 heteroatoms. The van der Waals surface area contributed by atoms with Crippen molar-refractivity contribution in [1.82, 2.24) is 10.2 Å². The third kappa shape index (κ3) is 4.68. The maximum absolute atomic E-state index is 13.8. The highest BCUT2D eigenvalue weighted by Crippen LogP contribution is 2.52. The first-order valence-electron chi connectivity index (χ1n) is 12.7. The molecule has 2 aliphatic rings. The molecule has 2 N–H and O–H groups in total. The topological polar surface area (TPSA) is 52.6 Å². The van der Waals surface area contributed by atoms with Gasteiger partial charge in [-0.3, -0.25) is 9.69 Å². The molecule has 0 aliphatic carbocycles. The summed E-state index contributed by atoms with van der Waals surface area (Å²) in [6.07, 6.45) is 2.82. The summed E-state index contributed by atoms with van der Waals surface area (Å²) in [7, 11) is 0. The minimum absolute atomic E-state index is 0.00168. The van der Waals surface area contributed by atoms with Crippen LogP contribution in [0, 0.1) is 0 Å². The van der Waals surface area contributed by atoms with Crippen molar-refractivity contribution < 1.29 is 9.90 Å². The molecule has 3 atom stereocenters. The van der Waals surface area contributed by atoms with Crippen LogP contribution in [0.15, 0.2) is 78.9 Å². The first-order chi connectivity index (χ1) is 17.4. The molecule has 0 saturated carbocycles. The second-order valence-electron chi connectivity index (χ2n) is 10.2. The van der Waals surface area contributed by atoms with Gasteiger partial charge >= 0.3 is 0 Å². The van der Waals surface area contributed by atoms with Crippen LogP contribution in [-0.4, -0.2) is 40.6 Å². The average Bonchev–Trinajstić information content (AvgIpc) is 3.14. The maximum Gasteiger partial charge on any atom is 0.230 e. The number of amides is 1. The Labute approximate surface area is 223 Å². The molecule has 0 aromatic heterocycles. The van der Waals surface area contributed by atoms with Crippen LogP contribution >= 0.6 is 23.2 Å². The van der Waals surface area contributed by atoms with E-state index in [9.17, 15) is 9.90 Å². The first-order valence-corrected chi connectivity index (χ1v) is 13.4. The number of benzene rings is 3. The van der Waals surface area contributed by atoms with Crippen molar-refractivity contribution in [3.05, 3.63) is 106 Å². The molecular weight excluding hydrogens is 491 g/mol. The average molecular weight is 524 g/mol. The number of fused-ring (bicyclic) bond motifs is 2. The highest BCUT2D eigenvalue weighted by molar-refractivity contribution is 6.32. The number of nitrogens with one attached hydrogen (secondary N) is 1. The molecule has 2 saturated heterocycles. The highest BCUT2D eigenvalue weighted by Gasteiger charge is 2.55. The van der Waals surface area contributed by atoms with Crippen molar-refractivity contribution in [3.63, 3.8) is 0 Å². The van der Waals surface area contributed by atoms with Gasteiger partial charge in [0.15, 0.2) is 0 Å². The van der Waals surface area contributed by atoms with E-state index in [0.717, 1.165) is 39.6 Å². The molecule has 3 unspecified atom stereocenters. The van der Waals surface area contributed by atoms with E-state index in [1.54, 1.807) is 6.92 Å². The number of carbonyl (C=O) groups excluding carboxylic acids is 1. The monoisotopic (exact) mass is 522 g/mol. The van der Waals surface area contributed by atoms with E-state index in [2.05, 4.69) is 34.5 Å². The van der Waals surface area contributed by atoms with Crippen LogP contribution in [-0.2, 0) is 10.2 Å². The summed E-state index contributed by atoms with van der Waals surface area (Å²) < 4.78 is 0. The predicted molar refractivity (Wildman–Crippen MR) is 145 cm³/mol. The third-order valence-corrected chi connectivity index (χ3v) is 8.55. The zero-order valence-electron chi connectivity index (χ0n) is 20.4. The second-order valence-corrected chi connectivity index (χ2v) is 11.0. The van der Waals surface area contributed by atoms with Gasteiger partial charge in [-0.15, -0.1) is 0 Å². The summed E-state index contributed by atoms with van der Waals surface area (Å²) in [5.74, 6) is -0.00168. The van der Waals surface area contributed by atoms with Crippen molar-refractivity contribution >= 4 is 29.1 Å². The van der Waals surface area contributed by atoms with Gasteiger partial charge in [-0.1, -0.05) is 89.9 Å². The predicted octanol–water partition coefficient (Wildman–Crippen LogP) is 6.14. The number of hydrogen-bond acceptors (Lipinski definition) is 3. The van der Waals surface area contributed by atoms with E-state index in [4.69, 9.17) is 23.2 Å². The number of piperidine rings is 1. The first kappa shape index (κ1) is 25.3. The van der Waals surface area contributed by atoms with Gasteiger partial charge in [0.1, 0.15) is 0 Å². The molecule has 4 nitrogen and oxygen atoms in total. The van der Waals surface area contributed by atoms with Gasteiger partial charge in [0, 0.05) is 28.7 Å². The SMILES string of the molecule is CC(O)CNC(=O)C1(c2ccccc2)CC2CCC(C1)N2C(c1ccccc1Cl)c1ccccc1Cl. The number of aliphatic hydroxyl groups is 1. The molecule has 188 valence electrons. The normalized spacial score (nSPS) is 24.6. The van der Waals surface area contributed by atoms with Gasteiger partial charge in [-0.2, -0.15) is 0 Å². The largest absolute Gasteiger partial charge is 0.392 e. The molecule has 2 fully saturated rings. The molecule has 36 heavy (non-hydrogen) atoms. The van der Waals surface area contributed by atoms with Crippen LogP contribution in [0.4, 0.5) is 0 Å². The minimum Gasteiger partial charge on any atom is -0.392 e. The summed E-state index contributed by atoms with van der Waals surface area (Å²) in [4.78, 5) is 16.3. The zero-order chi connectivity index (χ0) is 25.3. The Bertz CT molecular complexity index is 1160. The molecule has 2 aliphatic heterocycles. The summed E-state index contributed by atoms with van der Waals surface area (Å²) >= 11 is 13.5. The highest BCUT2D eigenvalue weighted by atomic mass is 35.5. The molecule has 0 radical (unpaired) electrons. The number of nitrogens with zero attached hydrogens (tertiary/aromatic N) is 1. The van der Waals surface area contributed by atoms with E-state index >= 15 is 0 Å². The minimum atomic E-state index is -0.649. The van der Waals surface area contributed by atoms with Crippen molar-refractivity contribution in [2.24, 2.45) is 0 Å². The van der Waals surface area contributed by atoms with E-state index in [1.807, 2.05) is 54.6 Å². The number of hydrogen-bond donors (Lipinski definition) is 2. The Kier molecular flexibility index (Phi) is 7.41. The van der Waals surface area contributed by atoms with Gasteiger partial charge in [-0.05, 0) is 61.4 Å². The van der Waals surface area contributed by atoms with Crippen molar-refractivity contribution in [3.8, 4) is 0 Å². The molecular formula is C30H32Cl2N2O2. The fraction of sp³-hybridized carbons (Fsp3) is 0.367. The van der Waals surface area contributed by atoms with Crippen LogP contribution in [0.3, 0.4) is 0 Å². The molecule has 0 spiro atoms. The molecule has 3 aromatic carbocycles. The number of aliphatic hydroxyl groups excluding tert-OH is 1. The van der Waals surface area contributed by atoms with Crippen LogP contribution in [0.2, 0.25) is 10.0 Å². The summed E-state index contributed by atoms with van der Waals surface area (Å²) in [5.41, 5.74) is 2.46. The van der Waals surface area contributed by atoms with E-state index in [0.29, 0.717) is 12.8 Å². The summed E-state index contributed by atoms with van der Waals surface area (Å²) in [5, 5.41) is 14.3. The van der Waals surface area contributed by atoms with E-state index in [1.165, 1.54) is 0 Å². The Morgan fingerprint density at radius 3 is 1.92 bits per heavy atom. The maximum atomic E-state index is 13.8. The molecule has 1 amide bonds. The lowest BCUT2D eigenvalue weighted by Crippen LogP contribution is -2.57. The van der Waals surface area contributed by atoms with Gasteiger partial charge in [-0.25, -0.2) is 0 Å². The van der Waals surface area contributed by atoms with Crippen LogP contribution in [0.25, 0.3) is 0 Å². The number of rotatable bonds is 7. The van der Waals surface area contributed by atoms with Crippen molar-refractivity contribution in [1.29, 1.82) is 0 Å². The van der Waals surface area contributed by atoms with Crippen LogP contribution < -0.4 is 5.32 Å². The second kappa shape index (κ2) is 10.5. The zero-order valence-corrected chi connectivity index (χ0v) is 21.9. The Hall–Kier alpha value is -2.37. The van der Waals surface area contributed by atoms with Gasteiger partial charge in [0.2, 0.25) is 5.91 Å². The third-order valence-electron chi connectivity index (χ3n) is 7.86. The Morgan fingerprint density at radius 1 is 0.917 bits per heavy atom. The summed E-state index contributed by atoms with van der Waals surface area (Å²) in [6.45, 7) is 1.94. The lowest BCUT2D eigenvalue weighted by molar-refractivity contribution is -0.130. The van der Waals surface area contributed by atoms with Crippen molar-refractivity contribution in [2.75, 3.05) is 6.54 Å². The molecule has 2 heterocycles. The fourth-order valence-electron chi connectivity index (χ4n) is 6.31. The van der Waals surface area contributed by atoms with Crippen molar-refractivity contribution in [2.45, 2.75) is 62.3 Å². The van der Waals surface area contributed by atoms with Crippen LogP contribution in [0.5, 0.6) is 0 Å². The quantitative estimate of drug-likeness (QED) is 0.391. The Morgan fingerprint density at radius 2 is 1.42 bits per heavy atom. The fourth-order valence-corrected chi connectivity index (χ4v) is 6.79. The lowest BCUT2D eigenvalue weighted by Gasteiger charge is -2.49. The molecule has 2 bridgehead atoms. The molecule has 3 aromatic rings. The van der Waals surface area contributed by atoms with E-state index < -0.39 is 11.5 Å². The molecule has 5 rings (SSSR count). The lowest BCUT2D eigenvalue weighted by atomic mass is 9.68. The van der Waals surface area contributed by atoms with Gasteiger partial charge < -0.3 is 10.4 Å². The van der Waals surface area contributed by atoms with E-state index in [-0.39, 0.29) is 30.6 Å².